The van der Waals surface area contributed by atoms with Gasteiger partial charge in [-0.05, 0) is 121 Å². The van der Waals surface area contributed by atoms with Crippen molar-refractivity contribution in [1.82, 2.24) is 9.97 Å². The van der Waals surface area contributed by atoms with E-state index in [9.17, 15) is 0 Å². The van der Waals surface area contributed by atoms with Gasteiger partial charge in [-0.3, -0.25) is 31.6 Å². The Bertz CT molecular complexity index is 1940. The van der Waals surface area contributed by atoms with E-state index in [2.05, 4.69) is 31.2 Å². The van der Waals surface area contributed by atoms with E-state index in [1.165, 1.54) is 0 Å². The SMILES string of the molecule is CC.CC.N=C(N)c1ccc(NCc2cccc(CNc3ccc(C(=N)N)cc3)n2)cc1.N=C(N)c1ccc(NCc2cccc(CNc3ccc(C(=N)N)cc3)n2)cc1. The van der Waals surface area contributed by atoms with Crippen LogP contribution in [-0.2, 0) is 26.2 Å². The molecule has 0 atom stereocenters. The number of hydrogen-bond donors (Lipinski definition) is 12. The average molecular weight is 807 g/mol. The highest BCUT2D eigenvalue weighted by molar-refractivity contribution is 5.96. The number of nitrogen functional groups attached to an aromatic ring is 4. The normalized spacial score (nSPS) is 9.80. The van der Waals surface area contributed by atoms with Gasteiger partial charge in [0.05, 0.1) is 49.0 Å². The topological polar surface area (TPSA) is 273 Å². The predicted molar refractivity (Wildman–Crippen MR) is 250 cm³/mol. The summed E-state index contributed by atoms with van der Waals surface area (Å²) in [5.74, 6) is 0.238. The Balaban J connectivity index is 0.000000296. The Morgan fingerprint density at radius 2 is 0.533 bits per heavy atom. The number of pyridine rings is 2. The molecule has 14 nitrogen and oxygen atoms in total. The monoisotopic (exact) mass is 806 g/mol. The number of rotatable bonds is 16. The van der Waals surface area contributed by atoms with Crippen LogP contribution in [0.15, 0.2) is 133 Å². The van der Waals surface area contributed by atoms with Gasteiger partial charge in [-0.25, -0.2) is 0 Å². The van der Waals surface area contributed by atoms with Crippen LogP contribution < -0.4 is 44.2 Å². The number of amidine groups is 4. The number of nitrogens with one attached hydrogen (secondary N) is 8. The molecule has 0 fully saturated rings. The van der Waals surface area contributed by atoms with Crippen molar-refractivity contribution in [2.24, 2.45) is 22.9 Å². The fourth-order valence-corrected chi connectivity index (χ4v) is 5.29. The molecule has 0 saturated carbocycles. The molecule has 0 amide bonds. The fraction of sp³-hybridized carbons (Fsp3) is 0.174. The minimum absolute atomic E-state index is 0.0596. The Kier molecular flexibility index (Phi) is 19.3. The lowest BCUT2D eigenvalue weighted by Crippen LogP contribution is -2.11. The number of hydrogen-bond acceptors (Lipinski definition) is 10. The summed E-state index contributed by atoms with van der Waals surface area (Å²) in [5, 5.41) is 43.0. The van der Waals surface area contributed by atoms with E-state index in [0.717, 1.165) is 45.5 Å². The Morgan fingerprint density at radius 1 is 0.350 bits per heavy atom. The van der Waals surface area contributed by atoms with Crippen molar-refractivity contribution in [2.45, 2.75) is 53.9 Å². The van der Waals surface area contributed by atoms with Crippen molar-refractivity contribution in [3.8, 4) is 0 Å². The molecular weight excluding hydrogens is 749 g/mol. The molecule has 0 aliphatic heterocycles. The summed E-state index contributed by atoms with van der Waals surface area (Å²) in [6.07, 6.45) is 0. The van der Waals surface area contributed by atoms with Gasteiger partial charge < -0.3 is 44.2 Å². The summed E-state index contributed by atoms with van der Waals surface area (Å²) in [4.78, 5) is 9.32. The molecule has 60 heavy (non-hydrogen) atoms. The van der Waals surface area contributed by atoms with Gasteiger partial charge in [-0.15, -0.1) is 0 Å². The molecule has 312 valence electrons. The number of benzene rings is 4. The number of aromatic nitrogens is 2. The zero-order valence-corrected chi connectivity index (χ0v) is 34.7. The molecular formula is C46H58N14. The second kappa shape index (κ2) is 24.8. The van der Waals surface area contributed by atoms with E-state index >= 15 is 0 Å². The summed E-state index contributed by atoms with van der Waals surface area (Å²) in [6, 6.07) is 41.6. The van der Waals surface area contributed by atoms with Gasteiger partial charge in [0.25, 0.3) is 0 Å². The molecule has 14 heteroatoms. The highest BCUT2D eigenvalue weighted by atomic mass is 14.9. The molecule has 6 aromatic rings. The average Bonchev–Trinajstić information content (AvgIpc) is 3.28. The largest absolute Gasteiger partial charge is 0.384 e. The van der Waals surface area contributed by atoms with Crippen molar-refractivity contribution in [3.05, 3.63) is 178 Å². The van der Waals surface area contributed by atoms with E-state index in [4.69, 9.17) is 44.6 Å². The summed E-state index contributed by atoms with van der Waals surface area (Å²) < 4.78 is 0. The van der Waals surface area contributed by atoms with Gasteiger partial charge in [0.15, 0.2) is 0 Å². The van der Waals surface area contributed by atoms with E-state index in [-0.39, 0.29) is 23.3 Å². The highest BCUT2D eigenvalue weighted by Crippen LogP contribution is 2.15. The molecule has 6 rings (SSSR count). The molecule has 0 aliphatic carbocycles. The van der Waals surface area contributed by atoms with Crippen LogP contribution in [0.5, 0.6) is 0 Å². The zero-order valence-electron chi connectivity index (χ0n) is 34.7. The van der Waals surface area contributed by atoms with Crippen molar-refractivity contribution >= 4 is 46.1 Å². The third-order valence-corrected chi connectivity index (χ3v) is 8.41. The molecule has 0 radical (unpaired) electrons. The predicted octanol–water partition coefficient (Wildman–Crippen LogP) is 7.80. The molecule has 16 N–H and O–H groups in total. The van der Waals surface area contributed by atoms with Crippen molar-refractivity contribution < 1.29 is 0 Å². The van der Waals surface area contributed by atoms with E-state index in [0.29, 0.717) is 48.4 Å². The van der Waals surface area contributed by atoms with Gasteiger partial charge >= 0.3 is 0 Å². The first-order valence-corrected chi connectivity index (χ1v) is 19.7. The second-order valence-electron chi connectivity index (χ2n) is 12.6. The Labute approximate surface area is 353 Å². The van der Waals surface area contributed by atoms with Crippen LogP contribution in [0.25, 0.3) is 0 Å². The maximum absolute atomic E-state index is 7.42. The zero-order chi connectivity index (χ0) is 43.9. The van der Waals surface area contributed by atoms with E-state index < -0.39 is 0 Å². The lowest BCUT2D eigenvalue weighted by Gasteiger charge is -2.10. The molecule has 0 bridgehead atoms. The molecule has 0 unspecified atom stereocenters. The lowest BCUT2D eigenvalue weighted by atomic mass is 10.2. The van der Waals surface area contributed by atoms with E-state index in [1.807, 2.05) is 161 Å². The molecule has 0 aliphatic rings. The van der Waals surface area contributed by atoms with Gasteiger partial charge in [-0.2, -0.15) is 0 Å². The Hall–Kier alpha value is -7.74. The van der Waals surface area contributed by atoms with Gasteiger partial charge in [0.2, 0.25) is 0 Å². The standard InChI is InChI=1S/2C21H23N7.2C2H6/c2*22-20(23)14-4-8-16(9-5-14)26-12-18-2-1-3-19(28-18)13-27-17-10-6-15(7-11-17)21(24)25;2*1-2/h2*1-11,26-27H,12-13H2,(H3,22,23)(H3,24,25);2*1-2H3. The quantitative estimate of drug-likeness (QED) is 0.0333. The molecule has 2 heterocycles. The third kappa shape index (κ3) is 15.7. The third-order valence-electron chi connectivity index (χ3n) is 8.41. The highest BCUT2D eigenvalue weighted by Gasteiger charge is 2.04. The Morgan fingerprint density at radius 3 is 0.700 bits per heavy atom. The van der Waals surface area contributed by atoms with Crippen LogP contribution >= 0.6 is 0 Å². The summed E-state index contributed by atoms with van der Waals surface area (Å²) in [7, 11) is 0. The molecule has 4 aromatic carbocycles. The second-order valence-corrected chi connectivity index (χ2v) is 12.6. The summed E-state index contributed by atoms with van der Waals surface area (Å²) >= 11 is 0. The maximum Gasteiger partial charge on any atom is 0.122 e. The fourth-order valence-electron chi connectivity index (χ4n) is 5.29. The number of anilines is 4. The van der Waals surface area contributed by atoms with Crippen molar-refractivity contribution in [2.75, 3.05) is 21.3 Å². The van der Waals surface area contributed by atoms with Crippen LogP contribution in [-0.4, -0.2) is 33.3 Å². The van der Waals surface area contributed by atoms with E-state index in [1.54, 1.807) is 0 Å². The van der Waals surface area contributed by atoms with Crippen LogP contribution in [0.2, 0.25) is 0 Å². The van der Waals surface area contributed by atoms with Crippen LogP contribution in [0, 0.1) is 21.6 Å². The van der Waals surface area contributed by atoms with Crippen molar-refractivity contribution in [3.63, 3.8) is 0 Å². The number of nitrogens with two attached hydrogens (primary N) is 4. The van der Waals surface area contributed by atoms with Crippen molar-refractivity contribution in [1.29, 1.82) is 21.6 Å². The summed E-state index contributed by atoms with van der Waals surface area (Å²) in [6.45, 7) is 10.4. The first-order chi connectivity index (χ1) is 29.0. The van der Waals surface area contributed by atoms with Crippen LogP contribution in [0.3, 0.4) is 0 Å². The van der Waals surface area contributed by atoms with Crippen LogP contribution in [0.4, 0.5) is 22.7 Å². The summed E-state index contributed by atoms with van der Waals surface area (Å²) in [5.41, 5.74) is 32.2. The maximum atomic E-state index is 7.42. The lowest BCUT2D eigenvalue weighted by molar-refractivity contribution is 0.966. The number of nitrogens with zero attached hydrogens (tertiary/aromatic N) is 2. The molecule has 0 spiro atoms. The smallest absolute Gasteiger partial charge is 0.122 e. The molecule has 0 saturated heterocycles. The minimum atomic E-state index is 0.0596. The van der Waals surface area contributed by atoms with Gasteiger partial charge in [-0.1, -0.05) is 39.8 Å². The van der Waals surface area contributed by atoms with Gasteiger partial charge in [0.1, 0.15) is 23.3 Å². The first kappa shape index (κ1) is 46.6. The molecule has 2 aromatic heterocycles. The van der Waals surface area contributed by atoms with Gasteiger partial charge in [0, 0.05) is 45.0 Å². The first-order valence-electron chi connectivity index (χ1n) is 19.7. The van der Waals surface area contributed by atoms with Crippen LogP contribution in [0.1, 0.15) is 72.7 Å². The minimum Gasteiger partial charge on any atom is -0.384 e.